The maximum absolute atomic E-state index is 9.01. The van der Waals surface area contributed by atoms with E-state index in [-0.39, 0.29) is 6.61 Å². The third-order valence-corrected chi connectivity index (χ3v) is 5.30. The number of rotatable bonds is 10. The number of hydrogen-bond acceptors (Lipinski definition) is 5. The van der Waals surface area contributed by atoms with E-state index < -0.39 is 0 Å². The second-order valence-electron chi connectivity index (χ2n) is 6.27. The van der Waals surface area contributed by atoms with Crippen molar-refractivity contribution in [3.8, 4) is 17.0 Å². The maximum Gasteiger partial charge on any atom is 0.120 e. The van der Waals surface area contributed by atoms with E-state index in [1.54, 1.807) is 0 Å². The van der Waals surface area contributed by atoms with Crippen molar-refractivity contribution in [2.75, 3.05) is 32.8 Å². The Labute approximate surface area is 159 Å². The van der Waals surface area contributed by atoms with Crippen molar-refractivity contribution in [3.05, 3.63) is 48.5 Å². The van der Waals surface area contributed by atoms with Gasteiger partial charge in [-0.2, -0.15) is 4.37 Å². The summed E-state index contributed by atoms with van der Waals surface area (Å²) in [6.45, 7) is 5.81. The first-order chi connectivity index (χ1) is 12.8. The van der Waals surface area contributed by atoms with Gasteiger partial charge in [-0.15, -0.1) is 0 Å². The van der Waals surface area contributed by atoms with Crippen LogP contribution in [0.25, 0.3) is 21.3 Å². The van der Waals surface area contributed by atoms with E-state index in [4.69, 9.17) is 9.84 Å². The van der Waals surface area contributed by atoms with Crippen molar-refractivity contribution in [2.45, 2.75) is 19.8 Å². The molecule has 0 amide bonds. The molecule has 1 heterocycles. The highest BCUT2D eigenvalue weighted by molar-refractivity contribution is 7.13. The molecular formula is C21H26N2O2S. The van der Waals surface area contributed by atoms with Crippen molar-refractivity contribution >= 4 is 21.6 Å². The van der Waals surface area contributed by atoms with Gasteiger partial charge in [0.05, 0.1) is 23.6 Å². The average Bonchev–Trinajstić information content (AvgIpc) is 3.11. The predicted molar refractivity (Wildman–Crippen MR) is 109 cm³/mol. The first-order valence-electron chi connectivity index (χ1n) is 9.22. The molecule has 4 nitrogen and oxygen atoms in total. The van der Waals surface area contributed by atoms with Crippen LogP contribution in [0.1, 0.15) is 19.8 Å². The third kappa shape index (κ3) is 4.81. The molecular weight excluding hydrogens is 344 g/mol. The predicted octanol–water partition coefficient (Wildman–Crippen LogP) is 4.44. The Bertz CT molecular complexity index is 804. The van der Waals surface area contributed by atoms with Crippen LogP contribution in [0.4, 0.5) is 0 Å². The van der Waals surface area contributed by atoms with Gasteiger partial charge in [0, 0.05) is 17.5 Å². The van der Waals surface area contributed by atoms with Gasteiger partial charge in [0.1, 0.15) is 5.75 Å². The normalized spacial score (nSPS) is 11.3. The Kier molecular flexibility index (Phi) is 7.00. The molecule has 0 aliphatic rings. The molecule has 0 saturated carbocycles. The third-order valence-electron chi connectivity index (χ3n) is 4.49. The number of benzene rings is 2. The molecule has 26 heavy (non-hydrogen) atoms. The van der Waals surface area contributed by atoms with Crippen molar-refractivity contribution in [1.29, 1.82) is 0 Å². The van der Waals surface area contributed by atoms with Crippen LogP contribution in [0.15, 0.2) is 48.5 Å². The number of aromatic nitrogens is 1. The molecule has 3 rings (SSSR count). The van der Waals surface area contributed by atoms with E-state index in [2.05, 4.69) is 40.5 Å². The molecule has 0 aliphatic heterocycles. The standard InChI is InChI=1S/C21H26N2O2S/c1-2-23(13-14-24)12-6-7-15-25-18-10-11-19-20(16-18)26-22-21(19)17-8-4-3-5-9-17/h3-5,8-11,16,24H,2,6-7,12-15H2,1H3. The van der Waals surface area contributed by atoms with Crippen LogP contribution in [0.2, 0.25) is 0 Å². The summed E-state index contributed by atoms with van der Waals surface area (Å²) in [6.07, 6.45) is 2.09. The molecule has 0 bridgehead atoms. The lowest BCUT2D eigenvalue weighted by Crippen LogP contribution is -2.27. The summed E-state index contributed by atoms with van der Waals surface area (Å²) >= 11 is 1.52. The molecule has 0 spiro atoms. The highest BCUT2D eigenvalue weighted by atomic mass is 32.1. The zero-order valence-corrected chi connectivity index (χ0v) is 16.0. The number of hydrogen-bond donors (Lipinski definition) is 1. The molecule has 5 heteroatoms. The highest BCUT2D eigenvalue weighted by Crippen LogP contribution is 2.33. The quantitative estimate of drug-likeness (QED) is 0.536. The minimum atomic E-state index is 0.226. The number of aliphatic hydroxyl groups excluding tert-OH is 1. The van der Waals surface area contributed by atoms with Gasteiger partial charge in [-0.3, -0.25) is 0 Å². The van der Waals surface area contributed by atoms with Crippen LogP contribution in [-0.4, -0.2) is 47.2 Å². The highest BCUT2D eigenvalue weighted by Gasteiger charge is 2.09. The summed E-state index contributed by atoms with van der Waals surface area (Å²) in [6, 6.07) is 16.5. The number of aliphatic hydroxyl groups is 1. The van der Waals surface area contributed by atoms with E-state index in [0.29, 0.717) is 6.61 Å². The molecule has 0 unspecified atom stereocenters. The van der Waals surface area contributed by atoms with E-state index >= 15 is 0 Å². The first kappa shape index (κ1) is 18.8. The minimum Gasteiger partial charge on any atom is -0.494 e. The zero-order chi connectivity index (χ0) is 18.2. The molecule has 1 aromatic heterocycles. The number of nitrogens with zero attached hydrogens (tertiary/aromatic N) is 2. The number of likely N-dealkylation sites (N-methyl/N-ethyl adjacent to an activating group) is 1. The van der Waals surface area contributed by atoms with E-state index in [9.17, 15) is 0 Å². The lowest BCUT2D eigenvalue weighted by Gasteiger charge is -2.18. The molecule has 3 aromatic rings. The Balaban J connectivity index is 1.54. The summed E-state index contributed by atoms with van der Waals surface area (Å²) in [7, 11) is 0. The lowest BCUT2D eigenvalue weighted by atomic mass is 10.1. The average molecular weight is 371 g/mol. The first-order valence-corrected chi connectivity index (χ1v) is 10.00. The van der Waals surface area contributed by atoms with Gasteiger partial charge >= 0.3 is 0 Å². The number of unbranched alkanes of at least 4 members (excludes halogenated alkanes) is 1. The molecule has 0 radical (unpaired) electrons. The SMILES string of the molecule is CCN(CCO)CCCCOc1ccc2c(-c3ccccc3)nsc2c1. The minimum absolute atomic E-state index is 0.226. The summed E-state index contributed by atoms with van der Waals surface area (Å²) in [5.41, 5.74) is 2.19. The van der Waals surface area contributed by atoms with Crippen molar-refractivity contribution in [3.63, 3.8) is 0 Å². The van der Waals surface area contributed by atoms with Crippen LogP contribution < -0.4 is 4.74 Å². The molecule has 0 aliphatic carbocycles. The number of fused-ring (bicyclic) bond motifs is 1. The Morgan fingerprint density at radius 1 is 1.08 bits per heavy atom. The van der Waals surface area contributed by atoms with Gasteiger partial charge in [0.15, 0.2) is 0 Å². The summed E-state index contributed by atoms with van der Waals surface area (Å²) in [5.74, 6) is 0.906. The van der Waals surface area contributed by atoms with E-state index in [0.717, 1.165) is 54.2 Å². The fourth-order valence-electron chi connectivity index (χ4n) is 3.01. The second kappa shape index (κ2) is 9.67. The lowest BCUT2D eigenvalue weighted by molar-refractivity contribution is 0.195. The van der Waals surface area contributed by atoms with Crippen LogP contribution >= 0.6 is 11.5 Å². The molecule has 138 valence electrons. The maximum atomic E-state index is 9.01. The van der Waals surface area contributed by atoms with Gasteiger partial charge in [-0.1, -0.05) is 37.3 Å². The smallest absolute Gasteiger partial charge is 0.120 e. The molecule has 0 fully saturated rings. The monoisotopic (exact) mass is 370 g/mol. The van der Waals surface area contributed by atoms with Crippen LogP contribution in [0.5, 0.6) is 5.75 Å². The fraction of sp³-hybridized carbons (Fsp3) is 0.381. The van der Waals surface area contributed by atoms with Crippen LogP contribution in [-0.2, 0) is 0 Å². The van der Waals surface area contributed by atoms with Gasteiger partial charge < -0.3 is 14.7 Å². The van der Waals surface area contributed by atoms with Crippen molar-refractivity contribution < 1.29 is 9.84 Å². The van der Waals surface area contributed by atoms with Crippen LogP contribution in [0.3, 0.4) is 0 Å². The fourth-order valence-corrected chi connectivity index (χ4v) is 3.83. The molecule has 0 atom stereocenters. The topological polar surface area (TPSA) is 45.6 Å². The molecule has 0 saturated heterocycles. The molecule has 2 aromatic carbocycles. The van der Waals surface area contributed by atoms with Gasteiger partial charge in [-0.05, 0) is 55.7 Å². The van der Waals surface area contributed by atoms with Gasteiger partial charge in [-0.25, -0.2) is 0 Å². The van der Waals surface area contributed by atoms with Gasteiger partial charge in [0.25, 0.3) is 0 Å². The summed E-state index contributed by atoms with van der Waals surface area (Å²) < 4.78 is 11.7. The zero-order valence-electron chi connectivity index (χ0n) is 15.2. The van der Waals surface area contributed by atoms with Crippen molar-refractivity contribution in [2.24, 2.45) is 0 Å². The number of ether oxygens (including phenoxy) is 1. The summed E-state index contributed by atoms with van der Waals surface area (Å²) in [4.78, 5) is 2.26. The van der Waals surface area contributed by atoms with Crippen LogP contribution in [0, 0.1) is 0 Å². The van der Waals surface area contributed by atoms with E-state index in [1.807, 2.05) is 24.3 Å². The van der Waals surface area contributed by atoms with Crippen molar-refractivity contribution in [1.82, 2.24) is 9.27 Å². The van der Waals surface area contributed by atoms with Gasteiger partial charge in [0.2, 0.25) is 0 Å². The molecule has 1 N–H and O–H groups in total. The largest absolute Gasteiger partial charge is 0.494 e. The second-order valence-corrected chi connectivity index (χ2v) is 7.07. The Morgan fingerprint density at radius 2 is 1.92 bits per heavy atom. The Morgan fingerprint density at radius 3 is 2.69 bits per heavy atom. The summed E-state index contributed by atoms with van der Waals surface area (Å²) in [5, 5.41) is 10.2. The Hall–Kier alpha value is -1.95. The van der Waals surface area contributed by atoms with E-state index in [1.165, 1.54) is 16.9 Å².